The lowest BCUT2D eigenvalue weighted by Gasteiger charge is -2.29. The molecule has 3 rings (SSSR count). The van der Waals surface area contributed by atoms with Crippen molar-refractivity contribution in [3.05, 3.63) is 24.3 Å². The molecule has 0 unspecified atom stereocenters. The van der Waals surface area contributed by atoms with Crippen molar-refractivity contribution in [2.75, 3.05) is 43.3 Å². The number of hydrogen-bond donors (Lipinski definition) is 1. The Morgan fingerprint density at radius 1 is 1.30 bits per heavy atom. The highest BCUT2D eigenvalue weighted by atomic mass is 32.2. The number of rotatable bonds is 2. The largest absolute Gasteiger partial charge is 0.381 e. The van der Waals surface area contributed by atoms with Gasteiger partial charge < -0.3 is 15.0 Å². The third kappa shape index (κ3) is 2.94. The predicted molar refractivity (Wildman–Crippen MR) is 87.1 cm³/mol. The molecule has 0 bridgehead atoms. The van der Waals surface area contributed by atoms with Crippen molar-refractivity contribution in [1.29, 1.82) is 0 Å². The smallest absolute Gasteiger partial charge is 0.161 e. The highest BCUT2D eigenvalue weighted by molar-refractivity contribution is 8.14. The van der Waals surface area contributed by atoms with Crippen molar-refractivity contribution in [3.8, 4) is 0 Å². The first-order valence-corrected chi connectivity index (χ1v) is 8.00. The molecule has 0 saturated carbocycles. The Kier molecular flexibility index (Phi) is 3.89. The fourth-order valence-corrected chi connectivity index (χ4v) is 3.75. The van der Waals surface area contributed by atoms with E-state index in [-0.39, 0.29) is 5.54 Å². The predicted octanol–water partition coefficient (Wildman–Crippen LogP) is 2.82. The Hall–Kier alpha value is -1.20. The van der Waals surface area contributed by atoms with E-state index in [0.29, 0.717) is 0 Å². The van der Waals surface area contributed by atoms with Crippen LogP contribution in [-0.4, -0.2) is 43.8 Å². The van der Waals surface area contributed by atoms with E-state index in [1.807, 2.05) is 11.8 Å². The second kappa shape index (κ2) is 5.66. The van der Waals surface area contributed by atoms with E-state index in [0.717, 1.165) is 42.7 Å². The lowest BCUT2D eigenvalue weighted by molar-refractivity contribution is 0.0624. The lowest BCUT2D eigenvalue weighted by atomic mass is 9.93. The van der Waals surface area contributed by atoms with E-state index in [9.17, 15) is 0 Å². The van der Waals surface area contributed by atoms with Gasteiger partial charge in [-0.15, -0.1) is 0 Å². The molecule has 20 heavy (non-hydrogen) atoms. The minimum Gasteiger partial charge on any atom is -0.381 e. The number of ether oxygens (including phenoxy) is 1. The number of aliphatic imine (C=N–C) groups is 1. The first kappa shape index (κ1) is 13.8. The SMILES string of the molecule is CN(C)c1cccc(NC2=NC3(CCOCC3)CS2)c1. The Morgan fingerprint density at radius 2 is 2.10 bits per heavy atom. The molecular formula is C15H21N3OS. The van der Waals surface area contributed by atoms with Gasteiger partial charge in [0.2, 0.25) is 0 Å². The van der Waals surface area contributed by atoms with Gasteiger partial charge in [-0.1, -0.05) is 17.8 Å². The summed E-state index contributed by atoms with van der Waals surface area (Å²) in [7, 11) is 4.11. The van der Waals surface area contributed by atoms with Crippen LogP contribution in [0.4, 0.5) is 11.4 Å². The van der Waals surface area contributed by atoms with Crippen molar-refractivity contribution in [3.63, 3.8) is 0 Å². The van der Waals surface area contributed by atoms with Crippen LogP contribution >= 0.6 is 11.8 Å². The number of thioether (sulfide) groups is 1. The maximum Gasteiger partial charge on any atom is 0.161 e. The summed E-state index contributed by atoms with van der Waals surface area (Å²) in [6.07, 6.45) is 2.09. The second-order valence-electron chi connectivity index (χ2n) is 5.61. The molecule has 108 valence electrons. The molecule has 2 heterocycles. The molecule has 1 aromatic carbocycles. The molecule has 0 aromatic heterocycles. The number of amidine groups is 1. The number of benzene rings is 1. The normalized spacial score (nSPS) is 20.8. The van der Waals surface area contributed by atoms with Gasteiger partial charge in [0, 0.05) is 44.4 Å². The van der Waals surface area contributed by atoms with Crippen molar-refractivity contribution in [2.45, 2.75) is 18.4 Å². The molecule has 2 aliphatic heterocycles. The van der Waals surface area contributed by atoms with Gasteiger partial charge in [0.1, 0.15) is 0 Å². The van der Waals surface area contributed by atoms with Gasteiger partial charge in [0.15, 0.2) is 5.17 Å². The van der Waals surface area contributed by atoms with Gasteiger partial charge in [0.25, 0.3) is 0 Å². The van der Waals surface area contributed by atoms with E-state index < -0.39 is 0 Å². The molecule has 0 atom stereocenters. The molecule has 1 N–H and O–H groups in total. The van der Waals surface area contributed by atoms with Crippen LogP contribution < -0.4 is 10.2 Å². The molecule has 2 aliphatic rings. The maximum atomic E-state index is 5.45. The summed E-state index contributed by atoms with van der Waals surface area (Å²) in [4.78, 5) is 7.03. The van der Waals surface area contributed by atoms with Crippen LogP contribution in [0.5, 0.6) is 0 Å². The monoisotopic (exact) mass is 291 g/mol. The van der Waals surface area contributed by atoms with E-state index >= 15 is 0 Å². The number of hydrogen-bond acceptors (Lipinski definition) is 5. The number of nitrogens with one attached hydrogen (secondary N) is 1. The summed E-state index contributed by atoms with van der Waals surface area (Å²) in [5, 5.41) is 4.50. The average Bonchev–Trinajstić information content (AvgIpc) is 2.82. The van der Waals surface area contributed by atoms with Crippen molar-refractivity contribution in [1.82, 2.24) is 0 Å². The summed E-state index contributed by atoms with van der Waals surface area (Å²) in [6, 6.07) is 8.42. The molecule has 4 nitrogen and oxygen atoms in total. The number of nitrogens with zero attached hydrogens (tertiary/aromatic N) is 2. The third-order valence-electron chi connectivity index (χ3n) is 3.85. The van der Waals surface area contributed by atoms with Crippen LogP contribution in [0.15, 0.2) is 29.3 Å². The zero-order valence-electron chi connectivity index (χ0n) is 12.1. The fraction of sp³-hybridized carbons (Fsp3) is 0.533. The molecule has 1 spiro atoms. The molecule has 1 fully saturated rings. The van der Waals surface area contributed by atoms with Crippen molar-refractivity contribution in [2.24, 2.45) is 4.99 Å². The highest BCUT2D eigenvalue weighted by Crippen LogP contribution is 2.36. The minimum atomic E-state index is 0.115. The molecule has 0 aliphatic carbocycles. The molecule has 0 amide bonds. The zero-order valence-corrected chi connectivity index (χ0v) is 12.9. The highest BCUT2D eigenvalue weighted by Gasteiger charge is 2.37. The van der Waals surface area contributed by atoms with Gasteiger partial charge in [-0.25, -0.2) is 0 Å². The van der Waals surface area contributed by atoms with E-state index in [2.05, 4.69) is 48.6 Å². The van der Waals surface area contributed by atoms with Crippen molar-refractivity contribution >= 4 is 28.3 Å². The van der Waals surface area contributed by atoms with E-state index in [1.54, 1.807) is 0 Å². The average molecular weight is 291 g/mol. The van der Waals surface area contributed by atoms with Gasteiger partial charge >= 0.3 is 0 Å². The summed E-state index contributed by atoms with van der Waals surface area (Å²) in [5.41, 5.74) is 2.41. The molecule has 1 aromatic rings. The zero-order chi connectivity index (χ0) is 14.0. The Balaban J connectivity index is 1.72. The topological polar surface area (TPSA) is 36.9 Å². The Bertz CT molecular complexity index is 510. The fourth-order valence-electron chi connectivity index (χ4n) is 2.54. The van der Waals surface area contributed by atoms with Gasteiger partial charge in [-0.2, -0.15) is 0 Å². The van der Waals surface area contributed by atoms with Gasteiger partial charge in [0.05, 0.1) is 5.54 Å². The first-order chi connectivity index (χ1) is 9.67. The molecule has 1 saturated heterocycles. The van der Waals surface area contributed by atoms with Crippen LogP contribution in [-0.2, 0) is 4.74 Å². The lowest BCUT2D eigenvalue weighted by Crippen LogP contribution is -2.34. The molecule has 0 radical (unpaired) electrons. The van der Waals surface area contributed by atoms with Crippen LogP contribution in [0.3, 0.4) is 0 Å². The Morgan fingerprint density at radius 3 is 2.85 bits per heavy atom. The standard InChI is InChI=1S/C15H21N3OS/c1-18(2)13-5-3-4-12(10-13)16-14-17-15(11-20-14)6-8-19-9-7-15/h3-5,10H,6-9,11H2,1-2H3,(H,16,17). The summed E-state index contributed by atoms with van der Waals surface area (Å²) in [5.74, 6) is 1.08. The van der Waals surface area contributed by atoms with Crippen LogP contribution in [0.2, 0.25) is 0 Å². The minimum absolute atomic E-state index is 0.115. The summed E-state index contributed by atoms with van der Waals surface area (Å²) in [6.45, 7) is 1.68. The molecular weight excluding hydrogens is 270 g/mol. The van der Waals surface area contributed by atoms with Crippen LogP contribution in [0.25, 0.3) is 0 Å². The number of anilines is 2. The van der Waals surface area contributed by atoms with Gasteiger partial charge in [-0.05, 0) is 31.0 Å². The van der Waals surface area contributed by atoms with Crippen LogP contribution in [0, 0.1) is 0 Å². The quantitative estimate of drug-likeness (QED) is 0.909. The molecule has 5 heteroatoms. The van der Waals surface area contributed by atoms with E-state index in [4.69, 9.17) is 9.73 Å². The summed E-state index contributed by atoms with van der Waals surface area (Å²) >= 11 is 1.83. The van der Waals surface area contributed by atoms with Crippen LogP contribution in [0.1, 0.15) is 12.8 Å². The third-order valence-corrected chi connectivity index (χ3v) is 5.00. The van der Waals surface area contributed by atoms with E-state index in [1.165, 1.54) is 5.69 Å². The second-order valence-corrected chi connectivity index (χ2v) is 6.58. The Labute approximate surface area is 124 Å². The first-order valence-electron chi connectivity index (χ1n) is 7.02. The maximum absolute atomic E-state index is 5.45. The van der Waals surface area contributed by atoms with Crippen molar-refractivity contribution < 1.29 is 4.74 Å². The summed E-state index contributed by atoms with van der Waals surface area (Å²) < 4.78 is 5.45. The van der Waals surface area contributed by atoms with Gasteiger partial charge in [-0.3, -0.25) is 4.99 Å².